The Morgan fingerprint density at radius 2 is 2.00 bits per heavy atom. The normalized spacial score (nSPS) is 12.1. The molecule has 4 rings (SSSR count). The molecular weight excluding hydrogens is 365 g/mol. The van der Waals surface area contributed by atoms with Crippen molar-refractivity contribution in [2.45, 2.75) is 0 Å². The van der Waals surface area contributed by atoms with Crippen LogP contribution in [0.1, 0.15) is 11.1 Å². The molecule has 2 N–H and O–H groups in total. The molecule has 1 aliphatic heterocycles. The van der Waals surface area contributed by atoms with Crippen molar-refractivity contribution in [1.29, 1.82) is 5.26 Å². The zero-order valence-electron chi connectivity index (χ0n) is 14.3. The maximum atomic E-state index is 14.1. The lowest BCUT2D eigenvalue weighted by Gasteiger charge is -2.06. The minimum Gasteiger partial charge on any atom is -0.454 e. The van der Waals surface area contributed by atoms with E-state index in [0.717, 1.165) is 0 Å². The van der Waals surface area contributed by atoms with E-state index < -0.39 is 11.4 Å². The Bertz CT molecular complexity index is 1170. The van der Waals surface area contributed by atoms with Crippen molar-refractivity contribution in [3.63, 3.8) is 0 Å². The predicted molar refractivity (Wildman–Crippen MR) is 98.7 cm³/mol. The first-order valence-electron chi connectivity index (χ1n) is 8.14. The van der Waals surface area contributed by atoms with Crippen molar-refractivity contribution in [1.82, 2.24) is 9.97 Å². The molecule has 0 saturated heterocycles. The van der Waals surface area contributed by atoms with Gasteiger partial charge in [0.1, 0.15) is 17.4 Å². The molecule has 0 atom stereocenters. The highest BCUT2D eigenvalue weighted by molar-refractivity contribution is 5.82. The Hall–Kier alpha value is -4.19. The van der Waals surface area contributed by atoms with Gasteiger partial charge in [-0.15, -0.1) is 0 Å². The first-order valence-corrected chi connectivity index (χ1v) is 8.14. The van der Waals surface area contributed by atoms with Gasteiger partial charge in [-0.05, 0) is 6.07 Å². The summed E-state index contributed by atoms with van der Waals surface area (Å²) < 4.78 is 24.4. The Morgan fingerprint density at radius 3 is 2.75 bits per heavy atom. The third-order valence-electron chi connectivity index (χ3n) is 3.94. The van der Waals surface area contributed by atoms with Gasteiger partial charge in [-0.2, -0.15) is 10.4 Å². The molecule has 0 unspecified atom stereocenters. The molecule has 138 valence electrons. The van der Waals surface area contributed by atoms with Gasteiger partial charge in [0.25, 0.3) is 5.56 Å². The van der Waals surface area contributed by atoms with E-state index in [0.29, 0.717) is 17.1 Å². The zero-order chi connectivity index (χ0) is 19.5. The second-order valence-electron chi connectivity index (χ2n) is 5.71. The Balaban J connectivity index is 1.63. The highest BCUT2D eigenvalue weighted by atomic mass is 19.1. The Labute approximate surface area is 157 Å². The zero-order valence-corrected chi connectivity index (χ0v) is 14.3. The molecule has 0 radical (unpaired) electrons. The summed E-state index contributed by atoms with van der Waals surface area (Å²) >= 11 is 0. The van der Waals surface area contributed by atoms with Gasteiger partial charge in [-0.3, -0.25) is 9.78 Å². The maximum Gasteiger partial charge on any atom is 0.270 e. The standard InChI is InChI=1S/C19H12FN5O3/c20-14-7-16-15(27-10-28-16)6-12(14)9-22-25-19-23-17(11-4-2-1-3-5-11)13(8-21)18(26)24-19/h1-7,9H,10H2,(H2,23,24,25,26). The molecule has 2 aromatic carbocycles. The quantitative estimate of drug-likeness (QED) is 0.534. The number of hydrogen-bond acceptors (Lipinski definition) is 7. The number of aromatic nitrogens is 2. The molecule has 9 heteroatoms. The predicted octanol–water partition coefficient (Wildman–Crippen LogP) is 2.62. The van der Waals surface area contributed by atoms with E-state index in [2.05, 4.69) is 20.5 Å². The smallest absolute Gasteiger partial charge is 0.270 e. The fourth-order valence-corrected chi connectivity index (χ4v) is 2.63. The van der Waals surface area contributed by atoms with Gasteiger partial charge in [-0.25, -0.2) is 14.8 Å². The van der Waals surface area contributed by atoms with E-state index in [9.17, 15) is 14.4 Å². The molecule has 1 aliphatic rings. The average Bonchev–Trinajstić information content (AvgIpc) is 3.15. The van der Waals surface area contributed by atoms with Crippen molar-refractivity contribution in [2.24, 2.45) is 5.10 Å². The molecular formula is C19H12FN5O3. The number of nitrogens with zero attached hydrogens (tertiary/aromatic N) is 3. The van der Waals surface area contributed by atoms with Crippen LogP contribution in [-0.2, 0) is 0 Å². The number of halogens is 1. The molecule has 3 aromatic rings. The summed E-state index contributed by atoms with van der Waals surface area (Å²) in [5, 5.41) is 13.2. The van der Waals surface area contributed by atoms with Crippen LogP contribution in [-0.4, -0.2) is 23.0 Å². The van der Waals surface area contributed by atoms with Gasteiger partial charge in [0.2, 0.25) is 12.7 Å². The Kier molecular flexibility index (Phi) is 4.43. The van der Waals surface area contributed by atoms with Crippen LogP contribution in [0.2, 0.25) is 0 Å². The SMILES string of the molecule is N#Cc1c(-c2ccccc2)nc(NN=Cc2cc3c(cc2F)OCO3)[nH]c1=O. The molecule has 1 aromatic heterocycles. The molecule has 2 heterocycles. The summed E-state index contributed by atoms with van der Waals surface area (Å²) in [4.78, 5) is 18.9. The number of hydrogen-bond donors (Lipinski definition) is 2. The summed E-state index contributed by atoms with van der Waals surface area (Å²) in [5.74, 6) is 0.216. The van der Waals surface area contributed by atoms with Crippen molar-refractivity contribution < 1.29 is 13.9 Å². The molecule has 0 spiro atoms. The van der Waals surface area contributed by atoms with Crippen molar-refractivity contribution in [3.05, 3.63) is 69.8 Å². The number of anilines is 1. The monoisotopic (exact) mass is 377 g/mol. The van der Waals surface area contributed by atoms with Crippen LogP contribution in [0.5, 0.6) is 11.5 Å². The third kappa shape index (κ3) is 3.26. The molecule has 0 fully saturated rings. The van der Waals surface area contributed by atoms with Crippen LogP contribution in [0, 0.1) is 17.1 Å². The number of aromatic amines is 1. The highest BCUT2D eigenvalue weighted by Gasteiger charge is 2.17. The van der Waals surface area contributed by atoms with Crippen LogP contribution < -0.4 is 20.5 Å². The molecule has 28 heavy (non-hydrogen) atoms. The summed E-state index contributed by atoms with van der Waals surface area (Å²) in [6.45, 7) is 0.0340. The maximum absolute atomic E-state index is 14.1. The molecule has 8 nitrogen and oxygen atoms in total. The Morgan fingerprint density at radius 1 is 1.25 bits per heavy atom. The second-order valence-corrected chi connectivity index (χ2v) is 5.71. The van der Waals surface area contributed by atoms with Gasteiger partial charge >= 0.3 is 0 Å². The number of nitrogens with one attached hydrogen (secondary N) is 2. The first kappa shape index (κ1) is 17.2. The number of nitriles is 1. The summed E-state index contributed by atoms with van der Waals surface area (Å²) in [6.07, 6.45) is 1.22. The first-order chi connectivity index (χ1) is 13.7. The van der Waals surface area contributed by atoms with Gasteiger partial charge < -0.3 is 9.47 Å². The van der Waals surface area contributed by atoms with Crippen LogP contribution in [0.4, 0.5) is 10.3 Å². The lowest BCUT2D eigenvalue weighted by molar-refractivity contribution is 0.174. The van der Waals surface area contributed by atoms with E-state index in [1.165, 1.54) is 18.3 Å². The van der Waals surface area contributed by atoms with Crippen LogP contribution in [0.25, 0.3) is 11.3 Å². The second kappa shape index (κ2) is 7.20. The topological polar surface area (TPSA) is 112 Å². The number of rotatable bonds is 4. The van der Waals surface area contributed by atoms with Crippen LogP contribution in [0.3, 0.4) is 0 Å². The van der Waals surface area contributed by atoms with E-state index in [1.807, 2.05) is 12.1 Å². The number of hydrazone groups is 1. The number of H-pyrrole nitrogens is 1. The van der Waals surface area contributed by atoms with Gasteiger partial charge in [0, 0.05) is 17.2 Å². The minimum absolute atomic E-state index is 0.0141. The third-order valence-corrected chi connectivity index (χ3v) is 3.94. The number of fused-ring (bicyclic) bond motifs is 1. The van der Waals surface area contributed by atoms with E-state index in [1.54, 1.807) is 24.3 Å². The van der Waals surface area contributed by atoms with Crippen molar-refractivity contribution in [3.8, 4) is 28.8 Å². The lowest BCUT2D eigenvalue weighted by Crippen LogP contribution is -2.16. The molecule has 0 aliphatic carbocycles. The van der Waals surface area contributed by atoms with E-state index >= 15 is 0 Å². The average molecular weight is 377 g/mol. The largest absolute Gasteiger partial charge is 0.454 e. The van der Waals surface area contributed by atoms with Gasteiger partial charge in [0.15, 0.2) is 11.5 Å². The van der Waals surface area contributed by atoms with E-state index in [-0.39, 0.29) is 29.6 Å². The summed E-state index contributed by atoms with van der Waals surface area (Å²) in [5.41, 5.74) is 2.82. The van der Waals surface area contributed by atoms with Crippen molar-refractivity contribution in [2.75, 3.05) is 12.2 Å². The molecule has 0 saturated carbocycles. The summed E-state index contributed by atoms with van der Waals surface area (Å²) in [7, 11) is 0. The fourth-order valence-electron chi connectivity index (χ4n) is 2.63. The summed E-state index contributed by atoms with van der Waals surface area (Å²) in [6, 6.07) is 13.3. The molecule has 0 amide bonds. The van der Waals surface area contributed by atoms with Gasteiger partial charge in [-0.1, -0.05) is 30.3 Å². The fraction of sp³-hybridized carbons (Fsp3) is 0.0526. The molecule has 0 bridgehead atoms. The van der Waals surface area contributed by atoms with Gasteiger partial charge in [0.05, 0.1) is 11.9 Å². The number of benzene rings is 2. The van der Waals surface area contributed by atoms with Crippen LogP contribution >= 0.6 is 0 Å². The number of ether oxygens (including phenoxy) is 2. The minimum atomic E-state index is -0.608. The van der Waals surface area contributed by atoms with Crippen LogP contribution in [0.15, 0.2) is 52.4 Å². The van der Waals surface area contributed by atoms with E-state index in [4.69, 9.17) is 9.47 Å². The highest BCUT2D eigenvalue weighted by Crippen LogP contribution is 2.33. The van der Waals surface area contributed by atoms with Crippen molar-refractivity contribution >= 4 is 12.2 Å². The lowest BCUT2D eigenvalue weighted by atomic mass is 10.1.